The Hall–Kier alpha value is -2.55. The molecule has 1 N–H and O–H groups in total. The zero-order valence-electron chi connectivity index (χ0n) is 16.8. The van der Waals surface area contributed by atoms with Crippen LogP contribution in [0.2, 0.25) is 0 Å². The Kier molecular flexibility index (Phi) is 8.07. The number of amides is 1. The summed E-state index contributed by atoms with van der Waals surface area (Å²) in [6.07, 6.45) is 2.97. The number of methoxy groups -OCH3 is 1. The van der Waals surface area contributed by atoms with Crippen LogP contribution in [0.3, 0.4) is 0 Å². The molecule has 160 valence electrons. The summed E-state index contributed by atoms with van der Waals surface area (Å²) in [5, 5.41) is 2.60. The zero-order valence-corrected chi connectivity index (χ0v) is 17.7. The van der Waals surface area contributed by atoms with Crippen molar-refractivity contribution in [1.82, 2.24) is 5.32 Å². The molecule has 0 saturated carbocycles. The maximum atomic E-state index is 12.1. The lowest BCUT2D eigenvalue weighted by Gasteiger charge is -2.15. The van der Waals surface area contributed by atoms with Crippen LogP contribution in [0.1, 0.15) is 32.3 Å². The lowest BCUT2D eigenvalue weighted by atomic mass is 10.2. The number of sulfone groups is 1. The maximum Gasteiger partial charge on any atom is 0.331 e. The van der Waals surface area contributed by atoms with Crippen LogP contribution in [-0.4, -0.2) is 57.7 Å². The Morgan fingerprint density at radius 1 is 1.31 bits per heavy atom. The van der Waals surface area contributed by atoms with Crippen LogP contribution in [0.5, 0.6) is 11.5 Å². The monoisotopic (exact) mass is 425 g/mol. The van der Waals surface area contributed by atoms with E-state index in [2.05, 4.69) is 5.32 Å². The Labute approximate surface area is 171 Å². The molecule has 1 saturated heterocycles. The second-order valence-corrected chi connectivity index (χ2v) is 9.01. The Balaban J connectivity index is 1.89. The van der Waals surface area contributed by atoms with Gasteiger partial charge in [-0.15, -0.1) is 0 Å². The minimum Gasteiger partial charge on any atom is -0.493 e. The first-order valence-electron chi connectivity index (χ1n) is 9.44. The summed E-state index contributed by atoms with van der Waals surface area (Å²) in [6, 6.07) is 4.81. The van der Waals surface area contributed by atoms with E-state index < -0.39 is 33.9 Å². The fourth-order valence-corrected chi connectivity index (χ4v) is 4.45. The van der Waals surface area contributed by atoms with Crippen LogP contribution in [0.15, 0.2) is 24.3 Å². The highest BCUT2D eigenvalue weighted by molar-refractivity contribution is 7.91. The molecule has 0 aromatic heterocycles. The molecule has 0 bridgehead atoms. The number of carbonyl (C=O) groups is 2. The van der Waals surface area contributed by atoms with Crippen LogP contribution in [-0.2, 0) is 24.2 Å². The quantitative estimate of drug-likeness (QED) is 0.474. The molecule has 2 atom stereocenters. The molecule has 0 radical (unpaired) electrons. The smallest absolute Gasteiger partial charge is 0.331 e. The summed E-state index contributed by atoms with van der Waals surface area (Å²) in [4.78, 5) is 24.1. The predicted molar refractivity (Wildman–Crippen MR) is 109 cm³/mol. The molecule has 1 heterocycles. The van der Waals surface area contributed by atoms with Crippen LogP contribution in [0.4, 0.5) is 0 Å². The van der Waals surface area contributed by atoms with E-state index in [1.807, 2.05) is 6.92 Å². The van der Waals surface area contributed by atoms with Crippen molar-refractivity contribution in [2.75, 3.05) is 25.2 Å². The van der Waals surface area contributed by atoms with Crippen LogP contribution in [0, 0.1) is 0 Å². The molecule has 2 rings (SSSR count). The molecule has 29 heavy (non-hydrogen) atoms. The van der Waals surface area contributed by atoms with Crippen molar-refractivity contribution < 1.29 is 32.2 Å². The van der Waals surface area contributed by atoms with Crippen LogP contribution in [0.25, 0.3) is 6.08 Å². The van der Waals surface area contributed by atoms with Crippen molar-refractivity contribution in [1.29, 1.82) is 0 Å². The molecule has 1 aromatic rings. The van der Waals surface area contributed by atoms with E-state index in [4.69, 9.17) is 14.2 Å². The Morgan fingerprint density at radius 3 is 2.69 bits per heavy atom. The highest BCUT2D eigenvalue weighted by Gasteiger charge is 2.30. The molecule has 0 unspecified atom stereocenters. The SMILES string of the molecule is CCCOc1ccc(/C=C/C(=O)O[C@@H](C)C(=O)N[C@H]2CCS(=O)(=O)C2)cc1OC. The fraction of sp³-hybridized carbons (Fsp3) is 0.500. The van der Waals surface area contributed by atoms with Crippen molar-refractivity contribution in [3.05, 3.63) is 29.8 Å². The van der Waals surface area contributed by atoms with Gasteiger partial charge in [-0.1, -0.05) is 13.0 Å². The third kappa shape index (κ3) is 7.08. The van der Waals surface area contributed by atoms with Gasteiger partial charge in [-0.3, -0.25) is 4.79 Å². The second kappa shape index (κ2) is 10.3. The standard InChI is InChI=1S/C20H27NO7S/c1-4-10-27-17-7-5-15(12-18(17)26-3)6-8-19(22)28-14(2)20(23)21-16-9-11-29(24,25)13-16/h5-8,12,14,16H,4,9-11,13H2,1-3H3,(H,21,23)/b8-6+/t14-,16-/m0/s1. The summed E-state index contributed by atoms with van der Waals surface area (Å²) in [7, 11) is -1.56. The zero-order chi connectivity index (χ0) is 21.4. The van der Waals surface area contributed by atoms with Crippen molar-refractivity contribution >= 4 is 27.8 Å². The number of esters is 1. The molecule has 9 heteroatoms. The minimum atomic E-state index is -3.10. The van der Waals surface area contributed by atoms with Gasteiger partial charge < -0.3 is 19.5 Å². The largest absolute Gasteiger partial charge is 0.493 e. The van der Waals surface area contributed by atoms with Gasteiger partial charge in [0.2, 0.25) is 0 Å². The van der Waals surface area contributed by atoms with Crippen LogP contribution >= 0.6 is 0 Å². The summed E-state index contributed by atoms with van der Waals surface area (Å²) in [6.45, 7) is 4.02. The van der Waals surface area contributed by atoms with Gasteiger partial charge in [-0.25, -0.2) is 13.2 Å². The van der Waals surface area contributed by atoms with Gasteiger partial charge in [0.1, 0.15) is 0 Å². The molecule has 1 fully saturated rings. The summed E-state index contributed by atoms with van der Waals surface area (Å²) in [5.41, 5.74) is 0.705. The molecule has 1 aliphatic rings. The molecule has 1 amide bonds. The van der Waals surface area contributed by atoms with Crippen molar-refractivity contribution in [2.45, 2.75) is 38.8 Å². The highest BCUT2D eigenvalue weighted by Crippen LogP contribution is 2.28. The first-order chi connectivity index (χ1) is 13.7. The molecule has 1 aliphatic heterocycles. The molecular formula is C20H27NO7S. The van der Waals surface area contributed by atoms with Gasteiger partial charge in [-0.05, 0) is 43.5 Å². The van der Waals surface area contributed by atoms with E-state index in [9.17, 15) is 18.0 Å². The Bertz CT molecular complexity index is 864. The molecule has 8 nitrogen and oxygen atoms in total. The third-order valence-electron chi connectivity index (χ3n) is 4.30. The summed E-state index contributed by atoms with van der Waals surface area (Å²) >= 11 is 0. The number of carbonyl (C=O) groups excluding carboxylic acids is 2. The molecule has 0 aliphatic carbocycles. The first-order valence-corrected chi connectivity index (χ1v) is 11.3. The van der Waals surface area contributed by atoms with Gasteiger partial charge in [0.05, 0.1) is 25.2 Å². The van der Waals surface area contributed by atoms with E-state index in [-0.39, 0.29) is 11.5 Å². The van der Waals surface area contributed by atoms with Crippen molar-refractivity contribution in [2.24, 2.45) is 0 Å². The summed E-state index contributed by atoms with van der Waals surface area (Å²) in [5.74, 6) is -0.0638. The van der Waals surface area contributed by atoms with Gasteiger partial charge >= 0.3 is 5.97 Å². The normalized spacial score (nSPS) is 18.9. The molecule has 1 aromatic carbocycles. The van der Waals surface area contributed by atoms with Gasteiger partial charge in [-0.2, -0.15) is 0 Å². The number of benzene rings is 1. The topological polar surface area (TPSA) is 108 Å². The second-order valence-electron chi connectivity index (χ2n) is 6.78. The van der Waals surface area contributed by atoms with Crippen molar-refractivity contribution in [3.63, 3.8) is 0 Å². The Morgan fingerprint density at radius 2 is 2.07 bits per heavy atom. The molecular weight excluding hydrogens is 398 g/mol. The highest BCUT2D eigenvalue weighted by atomic mass is 32.2. The number of hydrogen-bond acceptors (Lipinski definition) is 7. The number of hydrogen-bond donors (Lipinski definition) is 1. The van der Waals surface area contributed by atoms with Crippen LogP contribution < -0.4 is 14.8 Å². The number of nitrogens with one attached hydrogen (secondary N) is 1. The number of ether oxygens (including phenoxy) is 3. The lowest BCUT2D eigenvalue weighted by Crippen LogP contribution is -2.42. The van der Waals surface area contributed by atoms with Gasteiger partial charge in [0.25, 0.3) is 5.91 Å². The van der Waals surface area contributed by atoms with E-state index >= 15 is 0 Å². The minimum absolute atomic E-state index is 0.0561. The van der Waals surface area contributed by atoms with E-state index in [0.717, 1.165) is 6.42 Å². The fourth-order valence-electron chi connectivity index (χ4n) is 2.78. The van der Waals surface area contributed by atoms with E-state index in [0.29, 0.717) is 30.1 Å². The molecule has 0 spiro atoms. The average molecular weight is 426 g/mol. The van der Waals surface area contributed by atoms with E-state index in [1.165, 1.54) is 20.1 Å². The van der Waals surface area contributed by atoms with E-state index in [1.54, 1.807) is 24.3 Å². The number of rotatable bonds is 9. The summed E-state index contributed by atoms with van der Waals surface area (Å²) < 4.78 is 38.9. The average Bonchev–Trinajstić information content (AvgIpc) is 3.03. The van der Waals surface area contributed by atoms with Crippen molar-refractivity contribution in [3.8, 4) is 11.5 Å². The van der Waals surface area contributed by atoms with Gasteiger partial charge in [0, 0.05) is 12.1 Å². The third-order valence-corrected chi connectivity index (χ3v) is 6.07. The lowest BCUT2D eigenvalue weighted by molar-refractivity contribution is -0.150. The first kappa shape index (κ1) is 22.7. The van der Waals surface area contributed by atoms with Gasteiger partial charge in [0.15, 0.2) is 27.4 Å². The predicted octanol–water partition coefficient (Wildman–Crippen LogP) is 1.73. The maximum absolute atomic E-state index is 12.1.